The molecule has 0 radical (unpaired) electrons. The van der Waals surface area contributed by atoms with E-state index in [9.17, 15) is 15.0 Å². The summed E-state index contributed by atoms with van der Waals surface area (Å²) in [5.41, 5.74) is 3.26. The Morgan fingerprint density at radius 1 is 1.31 bits per heavy atom. The van der Waals surface area contributed by atoms with Crippen LogP contribution in [0, 0.1) is 11.3 Å². The van der Waals surface area contributed by atoms with Crippen molar-refractivity contribution in [2.24, 2.45) is 11.3 Å². The van der Waals surface area contributed by atoms with Crippen LogP contribution in [-0.4, -0.2) is 42.0 Å². The number of hydrogen-bond acceptors (Lipinski definition) is 4. The van der Waals surface area contributed by atoms with E-state index in [2.05, 4.69) is 30.5 Å². The lowest BCUT2D eigenvalue weighted by Crippen LogP contribution is -2.53. The Morgan fingerprint density at radius 3 is 2.86 bits per heavy atom. The van der Waals surface area contributed by atoms with E-state index in [4.69, 9.17) is 16.3 Å². The lowest BCUT2D eigenvalue weighted by Gasteiger charge is -2.52. The number of carbonyl (C=O) groups is 1. The highest BCUT2D eigenvalue weighted by atomic mass is 35.5. The van der Waals surface area contributed by atoms with E-state index in [1.807, 2.05) is 6.07 Å². The van der Waals surface area contributed by atoms with Gasteiger partial charge in [0.15, 0.2) is 0 Å². The van der Waals surface area contributed by atoms with E-state index >= 15 is 0 Å². The predicted molar refractivity (Wildman–Crippen MR) is 139 cm³/mol. The molecule has 1 saturated carbocycles. The van der Waals surface area contributed by atoms with Crippen LogP contribution in [0.4, 0.5) is 5.69 Å². The van der Waals surface area contributed by atoms with Crippen LogP contribution in [-0.2, 0) is 11.8 Å². The Kier molecular flexibility index (Phi) is 6.35. The van der Waals surface area contributed by atoms with Crippen molar-refractivity contribution >= 4 is 23.3 Å². The average Bonchev–Trinajstić information content (AvgIpc) is 2.98. The van der Waals surface area contributed by atoms with Crippen LogP contribution in [0.5, 0.6) is 5.75 Å². The molecule has 2 aromatic rings. The summed E-state index contributed by atoms with van der Waals surface area (Å²) in [6, 6.07) is 11.4. The molecule has 35 heavy (non-hydrogen) atoms. The molecule has 0 bridgehead atoms. The molecule has 3 aliphatic rings. The first kappa shape index (κ1) is 24.2. The van der Waals surface area contributed by atoms with Gasteiger partial charge in [0.25, 0.3) is 0 Å². The van der Waals surface area contributed by atoms with Gasteiger partial charge < -0.3 is 19.8 Å². The van der Waals surface area contributed by atoms with Crippen molar-refractivity contribution in [3.05, 3.63) is 70.8 Å². The molecule has 1 spiro atoms. The molecule has 0 amide bonds. The fraction of sp³-hybridized carbons (Fsp3) is 0.483. The van der Waals surface area contributed by atoms with Crippen LogP contribution in [0.1, 0.15) is 60.5 Å². The van der Waals surface area contributed by atoms with E-state index in [0.717, 1.165) is 61.7 Å². The summed E-state index contributed by atoms with van der Waals surface area (Å²) in [5.74, 6) is 0.0714. The van der Waals surface area contributed by atoms with Crippen molar-refractivity contribution in [3.63, 3.8) is 0 Å². The number of aromatic carboxylic acids is 1. The number of nitrogens with zero attached hydrogens (tertiary/aromatic N) is 1. The average molecular weight is 496 g/mol. The Balaban J connectivity index is 1.55. The minimum Gasteiger partial charge on any atom is -0.490 e. The van der Waals surface area contributed by atoms with Crippen LogP contribution < -0.4 is 9.64 Å². The van der Waals surface area contributed by atoms with Crippen molar-refractivity contribution in [1.82, 2.24) is 0 Å². The number of aliphatic hydroxyl groups is 1. The van der Waals surface area contributed by atoms with E-state index in [1.165, 1.54) is 11.1 Å². The molecule has 0 aromatic heterocycles. The molecular weight excluding hydrogens is 462 g/mol. The summed E-state index contributed by atoms with van der Waals surface area (Å²) in [6.45, 7) is 8.01. The smallest absolute Gasteiger partial charge is 0.335 e. The number of halogens is 1. The first-order valence-corrected chi connectivity index (χ1v) is 13.0. The molecule has 2 N–H and O–H groups in total. The number of benzene rings is 2. The monoisotopic (exact) mass is 495 g/mol. The van der Waals surface area contributed by atoms with Gasteiger partial charge in [-0.25, -0.2) is 4.79 Å². The summed E-state index contributed by atoms with van der Waals surface area (Å²) in [6.07, 6.45) is 7.01. The Hall–Kier alpha value is -2.50. The normalized spacial score (nSPS) is 28.2. The van der Waals surface area contributed by atoms with Crippen molar-refractivity contribution in [2.75, 3.05) is 24.6 Å². The molecular formula is C29H34ClNO4. The molecule has 6 heteroatoms. The zero-order valence-electron chi connectivity index (χ0n) is 20.3. The highest BCUT2D eigenvalue weighted by Gasteiger charge is 2.49. The number of carboxylic acids is 1. The number of anilines is 1. The summed E-state index contributed by atoms with van der Waals surface area (Å²) in [4.78, 5) is 14.1. The number of ether oxygens (including phenoxy) is 1. The minimum atomic E-state index is -0.945. The first-order valence-electron chi connectivity index (χ1n) is 12.6. The molecule has 186 valence electrons. The first-order chi connectivity index (χ1) is 16.8. The van der Waals surface area contributed by atoms with Crippen LogP contribution >= 0.6 is 11.6 Å². The summed E-state index contributed by atoms with van der Waals surface area (Å²) in [5, 5.41) is 21.3. The van der Waals surface area contributed by atoms with Crippen molar-refractivity contribution < 1.29 is 19.7 Å². The van der Waals surface area contributed by atoms with Gasteiger partial charge in [0.1, 0.15) is 5.75 Å². The van der Waals surface area contributed by atoms with Gasteiger partial charge in [-0.2, -0.15) is 0 Å². The number of hydrogen-bond donors (Lipinski definition) is 2. The lowest BCUT2D eigenvalue weighted by molar-refractivity contribution is -0.0695. The third-order valence-corrected chi connectivity index (χ3v) is 9.08. The molecule has 5 nitrogen and oxygen atoms in total. The third-order valence-electron chi connectivity index (χ3n) is 8.84. The zero-order valence-corrected chi connectivity index (χ0v) is 21.1. The van der Waals surface area contributed by atoms with Crippen LogP contribution in [0.3, 0.4) is 0 Å². The van der Waals surface area contributed by atoms with Gasteiger partial charge in [0.2, 0.25) is 0 Å². The Morgan fingerprint density at radius 2 is 2.14 bits per heavy atom. The molecule has 0 unspecified atom stereocenters. The van der Waals surface area contributed by atoms with E-state index in [-0.39, 0.29) is 16.4 Å². The van der Waals surface area contributed by atoms with Gasteiger partial charge in [-0.1, -0.05) is 30.7 Å². The largest absolute Gasteiger partial charge is 0.490 e. The second-order valence-corrected chi connectivity index (χ2v) is 11.3. The van der Waals surface area contributed by atoms with Gasteiger partial charge in [-0.05, 0) is 91.3 Å². The number of carboxylic acid groups (broad SMARTS) is 1. The highest BCUT2D eigenvalue weighted by Crippen LogP contribution is 2.52. The van der Waals surface area contributed by atoms with E-state index in [1.54, 1.807) is 24.3 Å². The Labute approximate surface area is 212 Å². The lowest BCUT2D eigenvalue weighted by atomic mass is 9.57. The van der Waals surface area contributed by atoms with Gasteiger partial charge in [-0.15, -0.1) is 6.58 Å². The second kappa shape index (κ2) is 9.18. The second-order valence-electron chi connectivity index (χ2n) is 10.9. The molecule has 4 atom stereocenters. The topological polar surface area (TPSA) is 70.0 Å². The molecule has 1 fully saturated rings. The van der Waals surface area contributed by atoms with E-state index in [0.29, 0.717) is 18.9 Å². The SMILES string of the molecule is C=CC[C@@H](O)[C@]1(C)CC[C@@H]1CN1C[C@@]2(CCCc3cc(Cl)ccc32)COc2ccc(C(=O)O)cc21. The minimum absolute atomic E-state index is 0.183. The zero-order chi connectivity index (χ0) is 24.8. The number of aryl methyl sites for hydroxylation is 1. The van der Waals surface area contributed by atoms with Gasteiger partial charge in [0, 0.05) is 23.5 Å². The number of fused-ring (bicyclic) bond motifs is 3. The maximum Gasteiger partial charge on any atom is 0.335 e. The van der Waals surface area contributed by atoms with Crippen molar-refractivity contribution in [3.8, 4) is 5.75 Å². The summed E-state index contributed by atoms with van der Waals surface area (Å²) in [7, 11) is 0. The molecule has 1 aliphatic heterocycles. The molecule has 5 rings (SSSR count). The van der Waals surface area contributed by atoms with Crippen LogP contribution in [0.2, 0.25) is 5.02 Å². The summed E-state index contributed by atoms with van der Waals surface area (Å²) < 4.78 is 6.43. The number of rotatable bonds is 6. The maximum absolute atomic E-state index is 11.8. The van der Waals surface area contributed by atoms with Crippen LogP contribution in [0.15, 0.2) is 49.1 Å². The molecule has 2 aliphatic carbocycles. The maximum atomic E-state index is 11.8. The molecule has 2 aromatic carbocycles. The standard InChI is InChI=1S/C29H34ClNO4/c1-3-5-26(32)28(2)13-11-21(28)16-31-17-29(12-4-6-19-14-22(30)8-9-23(19)29)18-35-25-10-7-20(27(33)34)15-24(25)31/h3,7-10,14-15,21,26,32H,1,4-6,11-13,16-18H2,2H3,(H,33,34)/t21-,26-,28-,29+/m1/s1. The quantitative estimate of drug-likeness (QED) is 0.491. The van der Waals surface area contributed by atoms with Crippen LogP contribution in [0.25, 0.3) is 0 Å². The Bertz CT molecular complexity index is 1150. The molecule has 0 saturated heterocycles. The fourth-order valence-electron chi connectivity index (χ4n) is 6.48. The van der Waals surface area contributed by atoms with Gasteiger partial charge in [0.05, 0.1) is 24.0 Å². The predicted octanol–water partition coefficient (Wildman–Crippen LogP) is 5.86. The van der Waals surface area contributed by atoms with Crippen molar-refractivity contribution in [1.29, 1.82) is 0 Å². The number of aliphatic hydroxyl groups excluding tert-OH is 1. The highest BCUT2D eigenvalue weighted by molar-refractivity contribution is 6.30. The summed E-state index contributed by atoms with van der Waals surface area (Å²) >= 11 is 6.34. The third kappa shape index (κ3) is 4.23. The van der Waals surface area contributed by atoms with Gasteiger partial charge in [-0.3, -0.25) is 0 Å². The molecule has 1 heterocycles. The van der Waals surface area contributed by atoms with Crippen molar-refractivity contribution in [2.45, 2.75) is 57.0 Å². The van der Waals surface area contributed by atoms with E-state index < -0.39 is 12.1 Å². The fourth-order valence-corrected chi connectivity index (χ4v) is 6.68. The van der Waals surface area contributed by atoms with Gasteiger partial charge >= 0.3 is 5.97 Å².